The van der Waals surface area contributed by atoms with Gasteiger partial charge in [0.25, 0.3) is 0 Å². The molecular formula is C8H14O4. The van der Waals surface area contributed by atoms with Crippen molar-refractivity contribution in [3.63, 3.8) is 0 Å². The molecule has 0 aromatic carbocycles. The van der Waals surface area contributed by atoms with Gasteiger partial charge in [-0.05, 0) is 13.0 Å². The van der Waals surface area contributed by atoms with Crippen LogP contribution in [-0.4, -0.2) is 33.1 Å². The summed E-state index contributed by atoms with van der Waals surface area (Å²) in [5.41, 5.74) is 0. The zero-order valence-corrected chi connectivity index (χ0v) is 7.79. The number of ether oxygens (including phenoxy) is 3. The van der Waals surface area contributed by atoms with E-state index in [0.29, 0.717) is 0 Å². The third-order valence-corrected chi connectivity index (χ3v) is 1.38. The van der Waals surface area contributed by atoms with Gasteiger partial charge in [0, 0.05) is 27.4 Å². The van der Waals surface area contributed by atoms with Gasteiger partial charge in [-0.15, -0.1) is 0 Å². The van der Waals surface area contributed by atoms with Gasteiger partial charge in [-0.25, -0.2) is 0 Å². The Labute approximate surface area is 72.1 Å². The molecule has 0 spiro atoms. The number of methoxy groups -OCH3 is 3. The Morgan fingerprint density at radius 1 is 1.17 bits per heavy atom. The summed E-state index contributed by atoms with van der Waals surface area (Å²) in [6.45, 7) is 1.43. The van der Waals surface area contributed by atoms with Gasteiger partial charge < -0.3 is 14.2 Å². The molecule has 0 N–H and O–H groups in total. The lowest BCUT2D eigenvalue weighted by Crippen LogP contribution is -2.33. The molecule has 0 aliphatic carbocycles. The maximum absolute atomic E-state index is 10.6. The average molecular weight is 174 g/mol. The van der Waals surface area contributed by atoms with Gasteiger partial charge >= 0.3 is 5.97 Å². The van der Waals surface area contributed by atoms with E-state index in [4.69, 9.17) is 14.2 Å². The Morgan fingerprint density at radius 2 is 1.58 bits per heavy atom. The van der Waals surface area contributed by atoms with E-state index in [0.717, 1.165) is 0 Å². The first kappa shape index (κ1) is 11.3. The van der Waals surface area contributed by atoms with Crippen LogP contribution in [0.5, 0.6) is 0 Å². The molecule has 4 heteroatoms. The van der Waals surface area contributed by atoms with E-state index in [1.807, 2.05) is 0 Å². The zero-order valence-electron chi connectivity index (χ0n) is 7.79. The van der Waals surface area contributed by atoms with Crippen molar-refractivity contribution in [2.45, 2.75) is 12.9 Å². The molecule has 0 aliphatic rings. The molecule has 0 fully saturated rings. The molecule has 70 valence electrons. The molecule has 0 saturated carbocycles. The molecule has 0 aliphatic heterocycles. The van der Waals surface area contributed by atoms with Crippen LogP contribution in [-0.2, 0) is 19.0 Å². The van der Waals surface area contributed by atoms with Crippen molar-refractivity contribution < 1.29 is 19.0 Å². The third kappa shape index (κ3) is 3.13. The first-order valence-electron chi connectivity index (χ1n) is 3.45. The Bertz CT molecular complexity index is 162. The molecule has 0 amide bonds. The lowest BCUT2D eigenvalue weighted by molar-refractivity contribution is -0.318. The van der Waals surface area contributed by atoms with E-state index < -0.39 is 5.97 Å². The number of carbonyl (C=O) groups excluding carboxylic acids is 1. The quantitative estimate of drug-likeness (QED) is 0.455. The van der Waals surface area contributed by atoms with Crippen LogP contribution in [0.4, 0.5) is 0 Å². The van der Waals surface area contributed by atoms with Crippen molar-refractivity contribution in [2.24, 2.45) is 0 Å². The minimum atomic E-state index is -1.24. The molecule has 0 aromatic heterocycles. The Balaban J connectivity index is 4.39. The highest BCUT2D eigenvalue weighted by Gasteiger charge is 2.25. The van der Waals surface area contributed by atoms with Crippen LogP contribution in [0.3, 0.4) is 0 Å². The summed E-state index contributed by atoms with van der Waals surface area (Å²) in [6, 6.07) is 0. The first-order chi connectivity index (χ1) is 5.60. The van der Waals surface area contributed by atoms with Crippen LogP contribution in [0.15, 0.2) is 12.2 Å². The third-order valence-electron chi connectivity index (χ3n) is 1.38. The van der Waals surface area contributed by atoms with Crippen molar-refractivity contribution in [1.82, 2.24) is 0 Å². The van der Waals surface area contributed by atoms with Crippen molar-refractivity contribution >= 4 is 5.78 Å². The second kappa shape index (κ2) is 5.03. The molecule has 4 nitrogen and oxygen atoms in total. The van der Waals surface area contributed by atoms with Crippen LogP contribution in [0.1, 0.15) is 6.92 Å². The Kier molecular flexibility index (Phi) is 4.73. The predicted octanol–water partition coefficient (Wildman–Crippen LogP) is 0.725. The van der Waals surface area contributed by atoms with Crippen molar-refractivity contribution in [3.05, 3.63) is 12.2 Å². The van der Waals surface area contributed by atoms with Crippen molar-refractivity contribution in [2.75, 3.05) is 21.3 Å². The Hall–Kier alpha value is -0.710. The predicted molar refractivity (Wildman–Crippen MR) is 43.6 cm³/mol. The SMILES string of the molecule is COC(C=CC(C)=O)(OC)OC. The van der Waals surface area contributed by atoms with Crippen LogP contribution < -0.4 is 0 Å². The Morgan fingerprint density at radius 3 is 1.83 bits per heavy atom. The fourth-order valence-corrected chi connectivity index (χ4v) is 0.674. The van der Waals surface area contributed by atoms with Gasteiger partial charge in [0.05, 0.1) is 0 Å². The molecule has 0 radical (unpaired) electrons. The maximum Gasteiger partial charge on any atom is 0.304 e. The van der Waals surface area contributed by atoms with Crippen molar-refractivity contribution in [1.29, 1.82) is 0 Å². The van der Waals surface area contributed by atoms with Crippen LogP contribution in [0.2, 0.25) is 0 Å². The maximum atomic E-state index is 10.6. The monoisotopic (exact) mass is 174 g/mol. The topological polar surface area (TPSA) is 44.8 Å². The molecule has 0 rings (SSSR count). The summed E-state index contributed by atoms with van der Waals surface area (Å²) in [7, 11) is 4.28. The normalized spacial score (nSPS) is 12.3. The summed E-state index contributed by atoms with van der Waals surface area (Å²) in [5, 5.41) is 0. The molecule has 0 bridgehead atoms. The van der Waals surface area contributed by atoms with Crippen LogP contribution in [0, 0.1) is 0 Å². The fourth-order valence-electron chi connectivity index (χ4n) is 0.674. The van der Waals surface area contributed by atoms with Gasteiger partial charge in [0.2, 0.25) is 0 Å². The molecule has 0 unspecified atom stereocenters. The van der Waals surface area contributed by atoms with Crippen LogP contribution in [0.25, 0.3) is 0 Å². The zero-order chi connectivity index (χ0) is 9.61. The highest BCUT2D eigenvalue weighted by molar-refractivity contribution is 5.87. The fraction of sp³-hybridized carbons (Fsp3) is 0.625. The van der Waals surface area contributed by atoms with E-state index in [1.165, 1.54) is 40.4 Å². The molecular weight excluding hydrogens is 160 g/mol. The molecule has 0 atom stereocenters. The number of hydrogen-bond acceptors (Lipinski definition) is 4. The highest BCUT2D eigenvalue weighted by atomic mass is 16.9. The molecule has 0 heterocycles. The van der Waals surface area contributed by atoms with Gasteiger partial charge in [0.1, 0.15) is 0 Å². The van der Waals surface area contributed by atoms with Gasteiger partial charge in [-0.1, -0.05) is 0 Å². The summed E-state index contributed by atoms with van der Waals surface area (Å²) >= 11 is 0. The van der Waals surface area contributed by atoms with Gasteiger partial charge in [0.15, 0.2) is 5.78 Å². The molecule has 12 heavy (non-hydrogen) atoms. The number of hydrogen-bond donors (Lipinski definition) is 0. The number of carbonyl (C=O) groups is 1. The number of allylic oxidation sites excluding steroid dienone is 1. The van der Waals surface area contributed by atoms with E-state index in [1.54, 1.807) is 0 Å². The first-order valence-corrected chi connectivity index (χ1v) is 3.45. The van der Waals surface area contributed by atoms with Gasteiger partial charge in [-0.3, -0.25) is 4.79 Å². The summed E-state index contributed by atoms with van der Waals surface area (Å²) in [4.78, 5) is 10.6. The summed E-state index contributed by atoms with van der Waals surface area (Å²) in [6.07, 6.45) is 2.74. The number of rotatable bonds is 5. The lowest BCUT2D eigenvalue weighted by Gasteiger charge is -2.24. The lowest BCUT2D eigenvalue weighted by atomic mass is 10.3. The highest BCUT2D eigenvalue weighted by Crippen LogP contribution is 2.13. The molecule has 0 saturated heterocycles. The second-order valence-corrected chi connectivity index (χ2v) is 2.16. The largest absolute Gasteiger partial charge is 0.327 e. The summed E-state index contributed by atoms with van der Waals surface area (Å²) < 4.78 is 14.7. The van der Waals surface area contributed by atoms with E-state index in [-0.39, 0.29) is 5.78 Å². The number of ketones is 1. The minimum absolute atomic E-state index is 0.0921. The summed E-state index contributed by atoms with van der Waals surface area (Å²) in [5.74, 6) is -1.34. The standard InChI is InChI=1S/C8H14O4/c1-7(9)5-6-8(10-2,11-3)12-4/h5-6H,1-4H3. The van der Waals surface area contributed by atoms with E-state index in [2.05, 4.69) is 0 Å². The van der Waals surface area contributed by atoms with Gasteiger partial charge in [-0.2, -0.15) is 0 Å². The van der Waals surface area contributed by atoms with Crippen molar-refractivity contribution in [3.8, 4) is 0 Å². The molecule has 0 aromatic rings. The average Bonchev–Trinajstić information content (AvgIpc) is 2.08. The van der Waals surface area contributed by atoms with E-state index >= 15 is 0 Å². The minimum Gasteiger partial charge on any atom is -0.327 e. The van der Waals surface area contributed by atoms with Crippen LogP contribution >= 0.6 is 0 Å². The van der Waals surface area contributed by atoms with E-state index in [9.17, 15) is 4.79 Å². The smallest absolute Gasteiger partial charge is 0.304 e. The second-order valence-electron chi connectivity index (χ2n) is 2.16.